The Morgan fingerprint density at radius 3 is 2.43 bits per heavy atom. The largest absolute Gasteiger partial charge is 0.497 e. The Morgan fingerprint density at radius 2 is 1.74 bits per heavy atom. The van der Waals surface area contributed by atoms with Crippen molar-refractivity contribution in [3.63, 3.8) is 0 Å². The summed E-state index contributed by atoms with van der Waals surface area (Å²) in [5.41, 5.74) is 3.35. The molecule has 120 valence electrons. The van der Waals surface area contributed by atoms with Gasteiger partial charge < -0.3 is 14.4 Å². The molecule has 0 bridgehead atoms. The van der Waals surface area contributed by atoms with Crippen molar-refractivity contribution in [3.8, 4) is 11.5 Å². The number of nitrogens with zero attached hydrogens (tertiary/aromatic N) is 1. The van der Waals surface area contributed by atoms with Crippen LogP contribution in [0.25, 0.3) is 0 Å². The van der Waals surface area contributed by atoms with Crippen molar-refractivity contribution in [2.75, 3.05) is 25.7 Å². The number of anilines is 1. The maximum Gasteiger partial charge on any atom is 0.227 e. The van der Waals surface area contributed by atoms with Crippen molar-refractivity contribution in [2.24, 2.45) is 0 Å². The zero-order chi connectivity index (χ0) is 16.2. The first-order valence-corrected chi connectivity index (χ1v) is 7.81. The van der Waals surface area contributed by atoms with Crippen molar-refractivity contribution in [2.45, 2.75) is 19.3 Å². The van der Waals surface area contributed by atoms with Crippen LogP contribution in [0.5, 0.6) is 11.5 Å². The fourth-order valence-corrected chi connectivity index (χ4v) is 2.94. The molecule has 0 spiro atoms. The standard InChI is InChI=1S/C19H21NO3/c1-22-16-6-3-14(4-7-16)5-10-19(21)20-12-11-15-13-17(23-2)8-9-18(15)20/h3-4,6-9,13H,5,10-12H2,1-2H3. The van der Waals surface area contributed by atoms with Crippen molar-refractivity contribution in [3.05, 3.63) is 53.6 Å². The van der Waals surface area contributed by atoms with Gasteiger partial charge in [0.1, 0.15) is 11.5 Å². The third kappa shape index (κ3) is 3.31. The number of aryl methyl sites for hydroxylation is 1. The molecule has 4 nitrogen and oxygen atoms in total. The van der Waals surface area contributed by atoms with Gasteiger partial charge in [0, 0.05) is 18.7 Å². The lowest BCUT2D eigenvalue weighted by molar-refractivity contribution is -0.118. The van der Waals surface area contributed by atoms with E-state index >= 15 is 0 Å². The fraction of sp³-hybridized carbons (Fsp3) is 0.316. The Labute approximate surface area is 136 Å². The Morgan fingerprint density at radius 1 is 1.04 bits per heavy atom. The van der Waals surface area contributed by atoms with Crippen LogP contribution in [0.15, 0.2) is 42.5 Å². The van der Waals surface area contributed by atoms with Crippen LogP contribution in [0.3, 0.4) is 0 Å². The van der Waals surface area contributed by atoms with E-state index in [4.69, 9.17) is 9.47 Å². The smallest absolute Gasteiger partial charge is 0.227 e. The lowest BCUT2D eigenvalue weighted by Crippen LogP contribution is -2.29. The molecule has 0 saturated heterocycles. The van der Waals surface area contributed by atoms with Gasteiger partial charge in [0.15, 0.2) is 0 Å². The molecule has 0 radical (unpaired) electrons. The Hall–Kier alpha value is -2.49. The molecule has 4 heteroatoms. The Balaban J connectivity index is 1.63. The molecule has 0 N–H and O–H groups in total. The summed E-state index contributed by atoms with van der Waals surface area (Å²) >= 11 is 0. The van der Waals surface area contributed by atoms with Gasteiger partial charge in [-0.15, -0.1) is 0 Å². The molecule has 2 aromatic carbocycles. The molecule has 0 atom stereocenters. The topological polar surface area (TPSA) is 38.8 Å². The van der Waals surface area contributed by atoms with Crippen molar-refractivity contribution in [1.29, 1.82) is 0 Å². The third-order valence-electron chi connectivity index (χ3n) is 4.27. The number of benzene rings is 2. The zero-order valence-electron chi connectivity index (χ0n) is 13.5. The molecule has 0 unspecified atom stereocenters. The van der Waals surface area contributed by atoms with Gasteiger partial charge >= 0.3 is 0 Å². The normalized spacial score (nSPS) is 12.9. The highest BCUT2D eigenvalue weighted by atomic mass is 16.5. The molecule has 0 aromatic heterocycles. The fourth-order valence-electron chi connectivity index (χ4n) is 2.94. The number of amides is 1. The maximum atomic E-state index is 12.5. The molecule has 1 aliphatic heterocycles. The van der Waals surface area contributed by atoms with E-state index in [1.165, 1.54) is 5.56 Å². The van der Waals surface area contributed by atoms with Gasteiger partial charge in [-0.05, 0) is 54.3 Å². The number of fused-ring (bicyclic) bond motifs is 1. The highest BCUT2D eigenvalue weighted by molar-refractivity contribution is 5.95. The van der Waals surface area contributed by atoms with Gasteiger partial charge in [-0.2, -0.15) is 0 Å². The van der Waals surface area contributed by atoms with Crippen molar-refractivity contribution >= 4 is 11.6 Å². The predicted octanol–water partition coefficient (Wildman–Crippen LogP) is 3.23. The highest BCUT2D eigenvalue weighted by Gasteiger charge is 2.24. The minimum absolute atomic E-state index is 0.171. The first-order valence-electron chi connectivity index (χ1n) is 7.81. The van der Waals surface area contributed by atoms with Crippen LogP contribution < -0.4 is 14.4 Å². The van der Waals surface area contributed by atoms with Gasteiger partial charge in [0.25, 0.3) is 0 Å². The van der Waals surface area contributed by atoms with Crippen LogP contribution in [0.2, 0.25) is 0 Å². The van der Waals surface area contributed by atoms with Crippen molar-refractivity contribution in [1.82, 2.24) is 0 Å². The molecule has 0 aliphatic carbocycles. The van der Waals surface area contributed by atoms with Crippen LogP contribution in [-0.2, 0) is 17.6 Å². The summed E-state index contributed by atoms with van der Waals surface area (Å²) in [6.45, 7) is 0.754. The molecule has 1 amide bonds. The minimum atomic E-state index is 0.171. The summed E-state index contributed by atoms with van der Waals surface area (Å²) in [5, 5.41) is 0. The molecule has 23 heavy (non-hydrogen) atoms. The third-order valence-corrected chi connectivity index (χ3v) is 4.27. The second-order valence-corrected chi connectivity index (χ2v) is 5.64. The summed E-state index contributed by atoms with van der Waals surface area (Å²) in [5.74, 6) is 1.85. The highest BCUT2D eigenvalue weighted by Crippen LogP contribution is 2.31. The number of carbonyl (C=O) groups is 1. The van der Waals surface area contributed by atoms with E-state index in [1.54, 1.807) is 14.2 Å². The molecular formula is C19H21NO3. The van der Waals surface area contributed by atoms with Crippen LogP contribution in [0, 0.1) is 0 Å². The summed E-state index contributed by atoms with van der Waals surface area (Å²) in [6, 6.07) is 13.8. The summed E-state index contributed by atoms with van der Waals surface area (Å²) in [6.07, 6.45) is 2.14. The molecule has 0 saturated carbocycles. The molecule has 3 rings (SSSR count). The van der Waals surface area contributed by atoms with Crippen LogP contribution >= 0.6 is 0 Å². The molecule has 2 aromatic rings. The Kier molecular flexibility index (Phi) is 4.51. The zero-order valence-corrected chi connectivity index (χ0v) is 13.5. The van der Waals surface area contributed by atoms with Crippen LogP contribution in [0.1, 0.15) is 17.5 Å². The number of methoxy groups -OCH3 is 2. The second kappa shape index (κ2) is 6.73. The van der Waals surface area contributed by atoms with E-state index in [0.717, 1.165) is 42.1 Å². The number of rotatable bonds is 5. The lowest BCUT2D eigenvalue weighted by Gasteiger charge is -2.17. The SMILES string of the molecule is COc1ccc(CCC(=O)N2CCc3cc(OC)ccc32)cc1. The lowest BCUT2D eigenvalue weighted by atomic mass is 10.1. The molecular weight excluding hydrogens is 290 g/mol. The van der Waals surface area contributed by atoms with Crippen LogP contribution in [-0.4, -0.2) is 26.7 Å². The predicted molar refractivity (Wildman–Crippen MR) is 90.4 cm³/mol. The van der Waals surface area contributed by atoms with E-state index in [1.807, 2.05) is 47.4 Å². The van der Waals surface area contributed by atoms with Gasteiger partial charge in [0.2, 0.25) is 5.91 Å². The van der Waals surface area contributed by atoms with Gasteiger partial charge in [-0.25, -0.2) is 0 Å². The van der Waals surface area contributed by atoms with E-state index < -0.39 is 0 Å². The Bertz CT molecular complexity index is 694. The van der Waals surface area contributed by atoms with E-state index in [0.29, 0.717) is 6.42 Å². The van der Waals surface area contributed by atoms with Crippen molar-refractivity contribution < 1.29 is 14.3 Å². The molecule has 1 heterocycles. The first-order chi connectivity index (χ1) is 11.2. The number of hydrogen-bond acceptors (Lipinski definition) is 3. The van der Waals surface area contributed by atoms with Gasteiger partial charge in [-0.1, -0.05) is 12.1 Å². The molecule has 0 fully saturated rings. The molecule has 1 aliphatic rings. The van der Waals surface area contributed by atoms with E-state index in [9.17, 15) is 4.79 Å². The van der Waals surface area contributed by atoms with E-state index in [2.05, 4.69) is 0 Å². The average Bonchev–Trinajstić information content (AvgIpc) is 3.03. The van der Waals surface area contributed by atoms with E-state index in [-0.39, 0.29) is 5.91 Å². The number of ether oxygens (including phenoxy) is 2. The first kappa shape index (κ1) is 15.4. The van der Waals surface area contributed by atoms with Gasteiger partial charge in [0.05, 0.1) is 14.2 Å². The summed E-state index contributed by atoms with van der Waals surface area (Å²) < 4.78 is 10.4. The monoisotopic (exact) mass is 311 g/mol. The average molecular weight is 311 g/mol. The minimum Gasteiger partial charge on any atom is -0.497 e. The summed E-state index contributed by atoms with van der Waals surface area (Å²) in [7, 11) is 3.31. The number of hydrogen-bond donors (Lipinski definition) is 0. The maximum absolute atomic E-state index is 12.5. The van der Waals surface area contributed by atoms with Crippen LogP contribution in [0.4, 0.5) is 5.69 Å². The number of carbonyl (C=O) groups excluding carboxylic acids is 1. The summed E-state index contributed by atoms with van der Waals surface area (Å²) in [4.78, 5) is 14.4. The quantitative estimate of drug-likeness (QED) is 0.851. The van der Waals surface area contributed by atoms with Gasteiger partial charge in [-0.3, -0.25) is 4.79 Å². The second-order valence-electron chi connectivity index (χ2n) is 5.64.